The van der Waals surface area contributed by atoms with Crippen molar-refractivity contribution in [3.8, 4) is 5.75 Å². The third kappa shape index (κ3) is 1.72. The van der Waals surface area contributed by atoms with E-state index in [1.807, 2.05) is 12.1 Å². The maximum Gasteiger partial charge on any atom is 0.119 e. The standard InChI is InChI=1S/C16H21NO2/c1-19-13-5-3-11-7-15(16(18)14(11)8-13)17-9-10-2-4-12(17)6-10/h3,5,8,10,12,15-16,18H,2,4,6-7,9H2,1H3. The van der Waals surface area contributed by atoms with Gasteiger partial charge in [-0.1, -0.05) is 6.07 Å². The van der Waals surface area contributed by atoms with Gasteiger partial charge in [-0.05, 0) is 54.9 Å². The van der Waals surface area contributed by atoms with E-state index in [1.54, 1.807) is 7.11 Å². The Kier molecular flexibility index (Phi) is 2.61. The Labute approximate surface area is 114 Å². The number of aliphatic hydroxyl groups excluding tert-OH is 1. The number of aliphatic hydroxyl groups is 1. The molecular weight excluding hydrogens is 238 g/mol. The van der Waals surface area contributed by atoms with Crippen molar-refractivity contribution in [2.75, 3.05) is 13.7 Å². The molecule has 0 spiro atoms. The molecule has 2 aliphatic carbocycles. The van der Waals surface area contributed by atoms with Crippen molar-refractivity contribution in [1.29, 1.82) is 0 Å². The summed E-state index contributed by atoms with van der Waals surface area (Å²) in [6.45, 7) is 1.19. The number of piperidine rings is 1. The molecule has 1 saturated carbocycles. The van der Waals surface area contributed by atoms with Crippen LogP contribution >= 0.6 is 0 Å². The zero-order valence-electron chi connectivity index (χ0n) is 11.4. The SMILES string of the molecule is COc1ccc2c(c1)C(O)C(N1CC3CCC1C3)C2. The van der Waals surface area contributed by atoms with Gasteiger partial charge in [-0.15, -0.1) is 0 Å². The van der Waals surface area contributed by atoms with Crippen molar-refractivity contribution in [2.24, 2.45) is 5.92 Å². The number of nitrogens with zero attached hydrogens (tertiary/aromatic N) is 1. The van der Waals surface area contributed by atoms with E-state index in [0.717, 1.165) is 29.7 Å². The molecule has 1 aromatic carbocycles. The van der Waals surface area contributed by atoms with E-state index in [1.165, 1.54) is 31.4 Å². The molecule has 3 heteroatoms. The third-order valence-corrected chi connectivity index (χ3v) is 5.34. The molecule has 1 N–H and O–H groups in total. The first-order valence-corrected chi connectivity index (χ1v) is 7.37. The molecule has 3 nitrogen and oxygen atoms in total. The minimum absolute atomic E-state index is 0.289. The number of hydrogen-bond acceptors (Lipinski definition) is 3. The fraction of sp³-hybridized carbons (Fsp3) is 0.625. The molecule has 0 aromatic heterocycles. The zero-order chi connectivity index (χ0) is 13.0. The van der Waals surface area contributed by atoms with Crippen LogP contribution in [0.2, 0.25) is 0 Å². The fourth-order valence-electron chi connectivity index (χ4n) is 4.37. The van der Waals surface area contributed by atoms with Gasteiger partial charge in [0.1, 0.15) is 5.75 Å². The summed E-state index contributed by atoms with van der Waals surface area (Å²) in [4.78, 5) is 2.57. The Morgan fingerprint density at radius 1 is 1.32 bits per heavy atom. The molecule has 102 valence electrons. The molecule has 2 bridgehead atoms. The second-order valence-corrected chi connectivity index (χ2v) is 6.31. The molecule has 1 saturated heterocycles. The maximum absolute atomic E-state index is 10.7. The number of fused-ring (bicyclic) bond motifs is 3. The first-order chi connectivity index (χ1) is 9.26. The lowest BCUT2D eigenvalue weighted by Gasteiger charge is -2.34. The monoisotopic (exact) mass is 259 g/mol. The lowest BCUT2D eigenvalue weighted by atomic mass is 10.0. The van der Waals surface area contributed by atoms with Crippen molar-refractivity contribution in [2.45, 2.75) is 43.9 Å². The van der Waals surface area contributed by atoms with Crippen molar-refractivity contribution < 1.29 is 9.84 Å². The van der Waals surface area contributed by atoms with E-state index in [2.05, 4.69) is 11.0 Å². The number of ether oxygens (including phenoxy) is 1. The van der Waals surface area contributed by atoms with Crippen LogP contribution < -0.4 is 4.74 Å². The minimum atomic E-state index is -0.343. The van der Waals surface area contributed by atoms with E-state index in [9.17, 15) is 5.11 Å². The summed E-state index contributed by atoms with van der Waals surface area (Å²) < 4.78 is 5.27. The molecule has 2 fully saturated rings. The first-order valence-electron chi connectivity index (χ1n) is 7.37. The van der Waals surface area contributed by atoms with Gasteiger partial charge in [-0.3, -0.25) is 4.90 Å². The van der Waals surface area contributed by atoms with Gasteiger partial charge >= 0.3 is 0 Å². The molecule has 4 unspecified atom stereocenters. The minimum Gasteiger partial charge on any atom is -0.497 e. The summed E-state index contributed by atoms with van der Waals surface area (Å²) in [7, 11) is 1.68. The predicted molar refractivity (Wildman–Crippen MR) is 73.3 cm³/mol. The predicted octanol–water partition coefficient (Wildman–Crippen LogP) is 2.14. The molecule has 1 aliphatic heterocycles. The van der Waals surface area contributed by atoms with Crippen LogP contribution in [0.3, 0.4) is 0 Å². The average molecular weight is 259 g/mol. The highest BCUT2D eigenvalue weighted by atomic mass is 16.5. The highest BCUT2D eigenvalue weighted by Crippen LogP contribution is 2.44. The molecule has 4 rings (SSSR count). The Morgan fingerprint density at radius 2 is 2.21 bits per heavy atom. The number of rotatable bonds is 2. The van der Waals surface area contributed by atoms with E-state index < -0.39 is 0 Å². The molecule has 1 heterocycles. The Balaban J connectivity index is 1.61. The Bertz CT molecular complexity index is 502. The van der Waals surface area contributed by atoms with Crippen LogP contribution in [0.5, 0.6) is 5.75 Å². The van der Waals surface area contributed by atoms with Crippen molar-refractivity contribution in [3.63, 3.8) is 0 Å². The van der Waals surface area contributed by atoms with E-state index in [4.69, 9.17) is 4.74 Å². The molecular formula is C16H21NO2. The van der Waals surface area contributed by atoms with Gasteiger partial charge < -0.3 is 9.84 Å². The summed E-state index contributed by atoms with van der Waals surface area (Å²) >= 11 is 0. The topological polar surface area (TPSA) is 32.7 Å². The van der Waals surface area contributed by atoms with Crippen LogP contribution in [0, 0.1) is 5.92 Å². The molecule has 3 aliphatic rings. The van der Waals surface area contributed by atoms with Gasteiger partial charge in [0.25, 0.3) is 0 Å². The van der Waals surface area contributed by atoms with E-state index in [-0.39, 0.29) is 12.1 Å². The lowest BCUT2D eigenvalue weighted by Crippen LogP contribution is -2.43. The summed E-state index contributed by atoms with van der Waals surface area (Å²) in [5, 5.41) is 10.7. The quantitative estimate of drug-likeness (QED) is 0.883. The highest BCUT2D eigenvalue weighted by Gasteiger charge is 2.45. The molecule has 1 aromatic rings. The van der Waals surface area contributed by atoms with Gasteiger partial charge in [0.2, 0.25) is 0 Å². The average Bonchev–Trinajstić information content (AvgIpc) is 3.13. The summed E-state index contributed by atoms with van der Waals surface area (Å²) in [6, 6.07) is 7.14. The normalized spacial score (nSPS) is 36.7. The van der Waals surface area contributed by atoms with Crippen LogP contribution in [0.1, 0.15) is 36.5 Å². The summed E-state index contributed by atoms with van der Waals surface area (Å²) in [5.41, 5.74) is 2.37. The Hall–Kier alpha value is -1.06. The van der Waals surface area contributed by atoms with E-state index >= 15 is 0 Å². The van der Waals surface area contributed by atoms with Crippen LogP contribution in [-0.4, -0.2) is 35.7 Å². The zero-order valence-corrected chi connectivity index (χ0v) is 11.4. The van der Waals surface area contributed by atoms with Crippen molar-refractivity contribution in [1.82, 2.24) is 4.90 Å². The van der Waals surface area contributed by atoms with Crippen LogP contribution in [0.25, 0.3) is 0 Å². The second kappa shape index (κ2) is 4.22. The number of methoxy groups -OCH3 is 1. The van der Waals surface area contributed by atoms with Crippen molar-refractivity contribution in [3.05, 3.63) is 29.3 Å². The van der Waals surface area contributed by atoms with Crippen LogP contribution in [-0.2, 0) is 6.42 Å². The maximum atomic E-state index is 10.7. The molecule has 0 radical (unpaired) electrons. The highest BCUT2D eigenvalue weighted by molar-refractivity contribution is 5.42. The fourth-order valence-corrected chi connectivity index (χ4v) is 4.37. The van der Waals surface area contributed by atoms with Crippen LogP contribution in [0.4, 0.5) is 0 Å². The van der Waals surface area contributed by atoms with Gasteiger partial charge in [0.05, 0.1) is 13.2 Å². The Morgan fingerprint density at radius 3 is 2.89 bits per heavy atom. The second-order valence-electron chi connectivity index (χ2n) is 6.31. The summed E-state index contributed by atoms with van der Waals surface area (Å²) in [5.74, 6) is 1.73. The van der Waals surface area contributed by atoms with Gasteiger partial charge in [-0.25, -0.2) is 0 Å². The van der Waals surface area contributed by atoms with Crippen LogP contribution in [0.15, 0.2) is 18.2 Å². The molecule has 4 atom stereocenters. The van der Waals surface area contributed by atoms with Gasteiger partial charge in [0.15, 0.2) is 0 Å². The third-order valence-electron chi connectivity index (χ3n) is 5.34. The summed E-state index contributed by atoms with van der Waals surface area (Å²) in [6.07, 6.45) is 4.72. The number of benzene rings is 1. The van der Waals surface area contributed by atoms with Gasteiger partial charge in [-0.2, -0.15) is 0 Å². The lowest BCUT2D eigenvalue weighted by molar-refractivity contribution is 0.0420. The number of hydrogen-bond donors (Lipinski definition) is 1. The largest absolute Gasteiger partial charge is 0.497 e. The molecule has 19 heavy (non-hydrogen) atoms. The van der Waals surface area contributed by atoms with Gasteiger partial charge in [0, 0.05) is 18.6 Å². The van der Waals surface area contributed by atoms with E-state index in [0.29, 0.717) is 0 Å². The van der Waals surface area contributed by atoms with Crippen molar-refractivity contribution >= 4 is 0 Å². The molecule has 0 amide bonds. The number of likely N-dealkylation sites (tertiary alicyclic amines) is 1. The smallest absolute Gasteiger partial charge is 0.119 e. The first kappa shape index (κ1) is 11.7.